The zero-order valence-electron chi connectivity index (χ0n) is 8.23. The van der Waals surface area contributed by atoms with Crippen LogP contribution in [0.5, 0.6) is 0 Å². The lowest BCUT2D eigenvalue weighted by Gasteiger charge is -2.13. The van der Waals surface area contributed by atoms with Crippen molar-refractivity contribution in [3.8, 4) is 0 Å². The second-order valence-corrected chi connectivity index (χ2v) is 8.42. The van der Waals surface area contributed by atoms with Crippen LogP contribution in [0.3, 0.4) is 0 Å². The Morgan fingerprint density at radius 3 is 2.45 bits per heavy atom. The molecule has 0 radical (unpaired) electrons. The Balaban J connectivity index is 3.25. The van der Waals surface area contributed by atoms with Crippen LogP contribution in [0.4, 0.5) is 0 Å². The normalized spacial score (nSPS) is 14.5. The summed E-state index contributed by atoms with van der Waals surface area (Å²) in [5, 5.41) is 0. The van der Waals surface area contributed by atoms with E-state index in [1.54, 1.807) is 0 Å². The van der Waals surface area contributed by atoms with E-state index in [1.807, 2.05) is 0 Å². The molecule has 0 saturated heterocycles. The molecule has 0 heterocycles. The Bertz CT molecular complexity index is 70.5. The van der Waals surface area contributed by atoms with Gasteiger partial charge in [0.1, 0.15) is 9.76 Å². The van der Waals surface area contributed by atoms with E-state index >= 15 is 0 Å². The van der Waals surface area contributed by atoms with Gasteiger partial charge in [0.25, 0.3) is 0 Å². The molecule has 0 aliphatic carbocycles. The van der Waals surface area contributed by atoms with Gasteiger partial charge in [0.15, 0.2) is 9.04 Å². The van der Waals surface area contributed by atoms with Gasteiger partial charge < -0.3 is 4.12 Å². The van der Waals surface area contributed by atoms with Gasteiger partial charge in [0.2, 0.25) is 0 Å². The minimum absolute atomic E-state index is 0.103. The zero-order valence-corrected chi connectivity index (χ0v) is 10.8. The zero-order chi connectivity index (χ0) is 8.53. The van der Waals surface area contributed by atoms with Crippen molar-refractivity contribution in [3.05, 3.63) is 0 Å². The second-order valence-electron chi connectivity index (χ2n) is 3.04. The van der Waals surface area contributed by atoms with E-state index in [0.717, 1.165) is 0 Å². The van der Waals surface area contributed by atoms with Gasteiger partial charge in [-0.15, -0.1) is 0 Å². The summed E-state index contributed by atoms with van der Waals surface area (Å²) in [5.74, 6) is 0. The summed E-state index contributed by atoms with van der Waals surface area (Å²) in [6.07, 6.45) is 2.73. The third kappa shape index (κ3) is 6.78. The molecule has 0 aromatic heterocycles. The fourth-order valence-electron chi connectivity index (χ4n) is 1.12. The van der Waals surface area contributed by atoms with Crippen molar-refractivity contribution in [1.82, 2.24) is 0 Å². The Morgan fingerprint density at radius 2 is 2.00 bits per heavy atom. The van der Waals surface area contributed by atoms with Crippen molar-refractivity contribution in [2.75, 3.05) is 0 Å². The largest absolute Gasteiger partial charge is 0.463 e. The van der Waals surface area contributed by atoms with Crippen LogP contribution in [0.2, 0.25) is 18.1 Å². The van der Waals surface area contributed by atoms with Gasteiger partial charge >= 0.3 is 0 Å². The summed E-state index contributed by atoms with van der Waals surface area (Å²) >= 11 is 0. The maximum atomic E-state index is 5.92. The Kier molecular flexibility index (Phi) is 8.79. The van der Waals surface area contributed by atoms with Gasteiger partial charge in [-0.05, 0) is 18.1 Å². The molecular formula is C8H22OSi2. The van der Waals surface area contributed by atoms with Gasteiger partial charge in [-0.2, -0.15) is 0 Å². The molecule has 3 heteroatoms. The molecule has 68 valence electrons. The topological polar surface area (TPSA) is 9.23 Å². The van der Waals surface area contributed by atoms with Crippen LogP contribution in [0, 0.1) is 0 Å². The molecule has 0 amide bonds. The first kappa shape index (κ1) is 11.4. The standard InChI is InChI=1S/C8H22OSi2/c1-4-7-8-11(6-3)9-10-5-2/h11H,4-8,10H2,1-3H3. The van der Waals surface area contributed by atoms with Crippen LogP contribution >= 0.6 is 0 Å². The molecule has 0 aliphatic rings. The highest BCUT2D eigenvalue weighted by molar-refractivity contribution is 6.58. The fraction of sp³-hybridized carbons (Fsp3) is 1.00. The highest BCUT2D eigenvalue weighted by atomic mass is 28.3. The first-order chi connectivity index (χ1) is 5.35. The summed E-state index contributed by atoms with van der Waals surface area (Å²) in [6, 6.07) is 4.07. The predicted molar refractivity (Wildman–Crippen MR) is 57.5 cm³/mol. The van der Waals surface area contributed by atoms with Crippen LogP contribution in [-0.2, 0) is 4.12 Å². The molecule has 0 bridgehead atoms. The number of rotatable bonds is 7. The molecule has 0 aromatic carbocycles. The summed E-state index contributed by atoms with van der Waals surface area (Å²) in [5.41, 5.74) is 0. The lowest BCUT2D eigenvalue weighted by molar-refractivity contribution is 0.596. The molecular weight excluding hydrogens is 168 g/mol. The second kappa shape index (κ2) is 8.49. The molecule has 1 nitrogen and oxygen atoms in total. The highest BCUT2D eigenvalue weighted by Crippen LogP contribution is 2.06. The first-order valence-electron chi connectivity index (χ1n) is 4.96. The average molecular weight is 190 g/mol. The minimum Gasteiger partial charge on any atom is -0.463 e. The Labute approximate surface area is 75.2 Å². The van der Waals surface area contributed by atoms with E-state index in [4.69, 9.17) is 4.12 Å². The van der Waals surface area contributed by atoms with E-state index in [9.17, 15) is 0 Å². The molecule has 0 fully saturated rings. The minimum atomic E-state index is -0.687. The Morgan fingerprint density at radius 1 is 1.27 bits per heavy atom. The summed E-state index contributed by atoms with van der Waals surface area (Å²) in [4.78, 5) is 0. The van der Waals surface area contributed by atoms with Crippen LogP contribution < -0.4 is 0 Å². The van der Waals surface area contributed by atoms with Crippen LogP contribution in [-0.4, -0.2) is 18.8 Å². The molecule has 1 atom stereocenters. The number of hydrogen-bond acceptors (Lipinski definition) is 1. The molecule has 0 aromatic rings. The number of hydrogen-bond donors (Lipinski definition) is 0. The van der Waals surface area contributed by atoms with Gasteiger partial charge in [-0.1, -0.05) is 33.6 Å². The highest BCUT2D eigenvalue weighted by Gasteiger charge is 2.06. The van der Waals surface area contributed by atoms with E-state index in [0.29, 0.717) is 0 Å². The third-order valence-corrected chi connectivity index (χ3v) is 7.09. The first-order valence-corrected chi connectivity index (χ1v) is 8.64. The summed E-state index contributed by atoms with van der Waals surface area (Å²) < 4.78 is 5.92. The quantitative estimate of drug-likeness (QED) is 0.559. The predicted octanol–water partition coefficient (Wildman–Crippen LogP) is 2.07. The van der Waals surface area contributed by atoms with Crippen molar-refractivity contribution < 1.29 is 4.12 Å². The van der Waals surface area contributed by atoms with E-state index in [1.165, 1.54) is 31.0 Å². The maximum Gasteiger partial charge on any atom is 0.162 e. The average Bonchev–Trinajstić information content (AvgIpc) is 2.05. The van der Waals surface area contributed by atoms with Crippen LogP contribution in [0.1, 0.15) is 33.6 Å². The van der Waals surface area contributed by atoms with Gasteiger partial charge in [0.05, 0.1) is 0 Å². The lowest BCUT2D eigenvalue weighted by atomic mass is 10.4. The monoisotopic (exact) mass is 190 g/mol. The molecule has 0 N–H and O–H groups in total. The Hall–Kier alpha value is 0.394. The van der Waals surface area contributed by atoms with Crippen molar-refractivity contribution >= 4 is 18.8 Å². The van der Waals surface area contributed by atoms with Crippen molar-refractivity contribution in [2.24, 2.45) is 0 Å². The van der Waals surface area contributed by atoms with Crippen molar-refractivity contribution in [2.45, 2.75) is 51.7 Å². The van der Waals surface area contributed by atoms with Crippen molar-refractivity contribution in [3.63, 3.8) is 0 Å². The lowest BCUT2D eigenvalue weighted by Crippen LogP contribution is -2.18. The number of unbranched alkanes of at least 4 members (excludes halogenated alkanes) is 1. The van der Waals surface area contributed by atoms with Crippen LogP contribution in [0.25, 0.3) is 0 Å². The molecule has 0 spiro atoms. The SMILES string of the molecule is CCCC[SiH](CC)O[SiH2]CC. The third-order valence-electron chi connectivity index (χ3n) is 1.89. The molecule has 11 heavy (non-hydrogen) atoms. The van der Waals surface area contributed by atoms with E-state index in [2.05, 4.69) is 20.8 Å². The van der Waals surface area contributed by atoms with E-state index < -0.39 is 9.04 Å². The van der Waals surface area contributed by atoms with Gasteiger partial charge in [-0.25, -0.2) is 0 Å². The van der Waals surface area contributed by atoms with E-state index in [-0.39, 0.29) is 9.76 Å². The molecule has 0 saturated carbocycles. The fourth-order valence-corrected chi connectivity index (χ4v) is 6.28. The summed E-state index contributed by atoms with van der Waals surface area (Å²) in [6.45, 7) is 6.79. The van der Waals surface area contributed by atoms with Gasteiger partial charge in [-0.3, -0.25) is 0 Å². The van der Waals surface area contributed by atoms with Crippen molar-refractivity contribution in [1.29, 1.82) is 0 Å². The molecule has 1 unspecified atom stereocenters. The maximum absolute atomic E-state index is 5.92. The summed E-state index contributed by atoms with van der Waals surface area (Å²) in [7, 11) is -0.789. The smallest absolute Gasteiger partial charge is 0.162 e. The molecule has 0 rings (SSSR count). The van der Waals surface area contributed by atoms with Crippen LogP contribution in [0.15, 0.2) is 0 Å². The van der Waals surface area contributed by atoms with Gasteiger partial charge in [0, 0.05) is 0 Å². The molecule has 0 aliphatic heterocycles.